The molecule has 2 heterocycles. The fraction of sp³-hybridized carbons (Fsp3) is 0.412. The second-order valence-electron chi connectivity index (χ2n) is 5.27. The Labute approximate surface area is 145 Å². The number of carbonyl (C=O) groups is 2. The van der Waals surface area contributed by atoms with Gasteiger partial charge in [0.05, 0.1) is 12.3 Å². The molecule has 0 fully saturated rings. The summed E-state index contributed by atoms with van der Waals surface area (Å²) in [5, 5.41) is 3.20. The van der Waals surface area contributed by atoms with Gasteiger partial charge in [-0.1, -0.05) is 17.4 Å². The number of unbranched alkanes of at least 4 members (excludes halogenated alkanes) is 1. The molecule has 0 spiro atoms. The molecule has 0 aliphatic carbocycles. The van der Waals surface area contributed by atoms with Gasteiger partial charge in [-0.2, -0.15) is 0 Å². The fourth-order valence-corrected chi connectivity index (χ4v) is 3.06. The van der Waals surface area contributed by atoms with Gasteiger partial charge in [0.15, 0.2) is 17.5 Å². The van der Waals surface area contributed by atoms with Gasteiger partial charge in [-0.15, -0.1) is 0 Å². The third-order valence-corrected chi connectivity index (χ3v) is 4.40. The second kappa shape index (κ2) is 9.12. The molecule has 0 aliphatic rings. The van der Waals surface area contributed by atoms with Crippen molar-refractivity contribution < 1.29 is 18.9 Å². The van der Waals surface area contributed by atoms with Crippen molar-refractivity contribution in [2.45, 2.75) is 39.7 Å². The predicted octanol–water partition coefficient (Wildman–Crippen LogP) is 2.72. The molecule has 2 aromatic heterocycles. The van der Waals surface area contributed by atoms with E-state index in [1.54, 1.807) is 13.8 Å². The van der Waals surface area contributed by atoms with Crippen molar-refractivity contribution in [2.24, 2.45) is 0 Å². The van der Waals surface area contributed by atoms with E-state index in [4.69, 9.17) is 4.74 Å². The van der Waals surface area contributed by atoms with Crippen LogP contribution in [0.2, 0.25) is 0 Å². The Morgan fingerprint density at radius 2 is 2.00 bits per heavy atom. The lowest BCUT2D eigenvalue weighted by Crippen LogP contribution is -2.32. The Hall–Kier alpha value is -2.28. The van der Waals surface area contributed by atoms with Crippen LogP contribution < -0.4 is 9.88 Å². The number of nitrogens with one attached hydrogen (secondary N) is 1. The van der Waals surface area contributed by atoms with Crippen LogP contribution in [0.4, 0.5) is 5.13 Å². The number of amides is 1. The van der Waals surface area contributed by atoms with Crippen molar-refractivity contribution in [3.8, 4) is 0 Å². The van der Waals surface area contributed by atoms with Gasteiger partial charge in [-0.3, -0.25) is 4.79 Å². The van der Waals surface area contributed by atoms with Crippen LogP contribution in [-0.2, 0) is 16.1 Å². The summed E-state index contributed by atoms with van der Waals surface area (Å²) in [6.45, 7) is 4.69. The predicted molar refractivity (Wildman–Crippen MR) is 91.9 cm³/mol. The second-order valence-corrected chi connectivity index (χ2v) is 6.27. The molecule has 0 saturated carbocycles. The van der Waals surface area contributed by atoms with E-state index in [0.29, 0.717) is 28.7 Å². The van der Waals surface area contributed by atoms with Crippen molar-refractivity contribution in [1.82, 2.24) is 4.98 Å². The van der Waals surface area contributed by atoms with Crippen LogP contribution in [0, 0.1) is 6.92 Å². The van der Waals surface area contributed by atoms with Crippen LogP contribution in [0.25, 0.3) is 0 Å². The minimum absolute atomic E-state index is 0.0859. The maximum absolute atomic E-state index is 12.0. The summed E-state index contributed by atoms with van der Waals surface area (Å²) < 4.78 is 7.06. The Morgan fingerprint density at radius 1 is 1.25 bits per heavy atom. The number of hydrogen-bond donors (Lipinski definition) is 1. The molecule has 0 aromatic carbocycles. The maximum atomic E-state index is 12.0. The van der Waals surface area contributed by atoms with Gasteiger partial charge < -0.3 is 10.1 Å². The molecular formula is C17H22N3O3S+. The Bertz CT molecular complexity index is 686. The van der Waals surface area contributed by atoms with E-state index in [0.717, 1.165) is 30.7 Å². The zero-order valence-corrected chi connectivity index (χ0v) is 14.8. The van der Waals surface area contributed by atoms with E-state index in [-0.39, 0.29) is 5.91 Å². The number of nitrogens with zero attached hydrogens (tertiary/aromatic N) is 2. The maximum Gasteiger partial charge on any atom is 0.350 e. The third-order valence-electron chi connectivity index (χ3n) is 3.35. The highest BCUT2D eigenvalue weighted by molar-refractivity contribution is 7.17. The largest absolute Gasteiger partial charge is 0.462 e. The number of aryl methyl sites for hydroxylation is 2. The summed E-state index contributed by atoms with van der Waals surface area (Å²) in [5.41, 5.74) is 0.578. The van der Waals surface area contributed by atoms with E-state index >= 15 is 0 Å². The first-order valence-corrected chi connectivity index (χ1v) is 8.80. The molecule has 0 unspecified atom stereocenters. The molecule has 2 rings (SSSR count). The lowest BCUT2D eigenvalue weighted by Gasteiger charge is -2.01. The van der Waals surface area contributed by atoms with Crippen LogP contribution in [0.15, 0.2) is 30.6 Å². The average molecular weight is 348 g/mol. The lowest BCUT2D eigenvalue weighted by atomic mass is 10.2. The summed E-state index contributed by atoms with van der Waals surface area (Å²) in [6, 6.07) is 5.95. The normalized spacial score (nSPS) is 10.4. The molecule has 0 radical (unpaired) electrons. The van der Waals surface area contributed by atoms with Crippen LogP contribution in [0.5, 0.6) is 0 Å². The van der Waals surface area contributed by atoms with Crippen molar-refractivity contribution in [1.29, 1.82) is 0 Å². The van der Waals surface area contributed by atoms with Gasteiger partial charge in [0.2, 0.25) is 5.91 Å². The Kier molecular flexibility index (Phi) is 6.87. The molecule has 0 bridgehead atoms. The van der Waals surface area contributed by atoms with Crippen LogP contribution in [0.3, 0.4) is 0 Å². The van der Waals surface area contributed by atoms with E-state index in [2.05, 4.69) is 14.9 Å². The first-order valence-electron chi connectivity index (χ1n) is 7.98. The minimum atomic E-state index is -0.395. The number of carbonyl (C=O) groups excluding carboxylic acids is 2. The Balaban J connectivity index is 1.76. The molecule has 128 valence electrons. The molecule has 6 nitrogen and oxygen atoms in total. The van der Waals surface area contributed by atoms with Crippen LogP contribution in [-0.4, -0.2) is 23.5 Å². The van der Waals surface area contributed by atoms with Gasteiger partial charge in [0, 0.05) is 25.0 Å². The SMILES string of the molecule is CCOC(=O)c1sc(NC(=O)CCCC[n+]2ccccc2)nc1C. The number of anilines is 1. The molecule has 1 amide bonds. The van der Waals surface area contributed by atoms with Gasteiger partial charge >= 0.3 is 5.97 Å². The number of pyridine rings is 1. The summed E-state index contributed by atoms with van der Waals surface area (Å²) in [6.07, 6.45) is 6.17. The standard InChI is InChI=1S/C17H21N3O3S/c1-3-23-16(22)15-13(2)18-17(24-15)19-14(21)9-5-8-12-20-10-6-4-7-11-20/h4,6-7,10-11H,3,5,8-9,12H2,1-2H3/p+1. The van der Waals surface area contributed by atoms with Crippen molar-refractivity contribution >= 4 is 28.3 Å². The van der Waals surface area contributed by atoms with Gasteiger partial charge in [-0.25, -0.2) is 14.3 Å². The molecular weight excluding hydrogens is 326 g/mol. The summed E-state index contributed by atoms with van der Waals surface area (Å²) in [4.78, 5) is 28.4. The summed E-state index contributed by atoms with van der Waals surface area (Å²) >= 11 is 1.15. The first-order chi connectivity index (χ1) is 11.6. The average Bonchev–Trinajstić information content (AvgIpc) is 2.93. The van der Waals surface area contributed by atoms with Crippen LogP contribution >= 0.6 is 11.3 Å². The number of rotatable bonds is 8. The molecule has 0 saturated heterocycles. The fourth-order valence-electron chi connectivity index (χ4n) is 2.18. The van der Waals surface area contributed by atoms with E-state index in [1.165, 1.54) is 0 Å². The van der Waals surface area contributed by atoms with Gasteiger partial charge in [-0.05, 0) is 20.3 Å². The van der Waals surface area contributed by atoms with Gasteiger partial charge in [0.25, 0.3) is 0 Å². The molecule has 0 atom stereocenters. The summed E-state index contributed by atoms with van der Waals surface area (Å²) in [7, 11) is 0. The highest BCUT2D eigenvalue weighted by Crippen LogP contribution is 2.23. The zero-order chi connectivity index (χ0) is 17.4. The van der Waals surface area contributed by atoms with E-state index in [1.807, 2.05) is 30.6 Å². The molecule has 2 aromatic rings. The van der Waals surface area contributed by atoms with Crippen molar-refractivity contribution in [3.05, 3.63) is 41.2 Å². The van der Waals surface area contributed by atoms with Crippen molar-refractivity contribution in [2.75, 3.05) is 11.9 Å². The van der Waals surface area contributed by atoms with Crippen molar-refractivity contribution in [3.63, 3.8) is 0 Å². The highest BCUT2D eigenvalue weighted by Gasteiger charge is 2.17. The highest BCUT2D eigenvalue weighted by atomic mass is 32.1. The monoisotopic (exact) mass is 348 g/mol. The smallest absolute Gasteiger partial charge is 0.350 e. The first kappa shape index (κ1) is 18.1. The number of ether oxygens (including phenoxy) is 1. The molecule has 0 aliphatic heterocycles. The molecule has 24 heavy (non-hydrogen) atoms. The molecule has 7 heteroatoms. The topological polar surface area (TPSA) is 72.2 Å². The van der Waals surface area contributed by atoms with Crippen LogP contribution in [0.1, 0.15) is 41.6 Å². The number of esters is 1. The van der Waals surface area contributed by atoms with Gasteiger partial charge in [0.1, 0.15) is 11.4 Å². The summed E-state index contributed by atoms with van der Waals surface area (Å²) in [5.74, 6) is -0.481. The Morgan fingerprint density at radius 3 is 2.71 bits per heavy atom. The number of hydrogen-bond acceptors (Lipinski definition) is 5. The van der Waals surface area contributed by atoms with E-state index in [9.17, 15) is 9.59 Å². The lowest BCUT2D eigenvalue weighted by molar-refractivity contribution is -0.697. The number of thiazole rings is 1. The minimum Gasteiger partial charge on any atom is -0.462 e. The number of aromatic nitrogens is 2. The van der Waals surface area contributed by atoms with E-state index < -0.39 is 5.97 Å². The molecule has 1 N–H and O–H groups in total. The third kappa shape index (κ3) is 5.42. The zero-order valence-electron chi connectivity index (χ0n) is 13.9. The quantitative estimate of drug-likeness (QED) is 0.452.